The molecule has 1 nitrogen and oxygen atoms in total. The van der Waals surface area contributed by atoms with Gasteiger partial charge in [0.2, 0.25) is 0 Å². The molecule has 0 saturated carbocycles. The number of aromatic nitrogens is 1. The number of fused-ring (bicyclic) bond motifs is 3. The third-order valence-electron chi connectivity index (χ3n) is 2.64. The zero-order chi connectivity index (χ0) is 11.1. The van der Waals surface area contributed by atoms with Gasteiger partial charge in [-0.05, 0) is 18.2 Å². The molecule has 0 N–H and O–H groups in total. The highest BCUT2D eigenvalue weighted by Crippen LogP contribution is 2.34. The van der Waals surface area contributed by atoms with E-state index in [9.17, 15) is 0 Å². The average Bonchev–Trinajstić information content (AvgIpc) is 2.30. The number of hydrogen-bond acceptors (Lipinski definition) is 1. The van der Waals surface area contributed by atoms with Gasteiger partial charge < -0.3 is 0 Å². The van der Waals surface area contributed by atoms with Crippen molar-refractivity contribution >= 4 is 44.9 Å². The Kier molecular flexibility index (Phi) is 2.23. The van der Waals surface area contributed by atoms with Gasteiger partial charge in [-0.15, -0.1) is 0 Å². The van der Waals surface area contributed by atoms with Gasteiger partial charge in [0.1, 0.15) is 0 Å². The van der Waals surface area contributed by atoms with Crippen LogP contribution in [0.3, 0.4) is 0 Å². The summed E-state index contributed by atoms with van der Waals surface area (Å²) in [6.45, 7) is 0. The number of hydrogen-bond donors (Lipinski definition) is 0. The van der Waals surface area contributed by atoms with Crippen LogP contribution in [0.2, 0.25) is 10.0 Å². The molecule has 0 bridgehead atoms. The number of nitrogens with zero attached hydrogens (tertiary/aromatic N) is 1. The Hall–Kier alpha value is -1.31. The van der Waals surface area contributed by atoms with E-state index < -0.39 is 0 Å². The molecule has 3 heteroatoms. The van der Waals surface area contributed by atoms with Gasteiger partial charge in [0.25, 0.3) is 0 Å². The predicted molar refractivity (Wildman–Crippen MR) is 69.3 cm³/mol. The van der Waals surface area contributed by atoms with E-state index in [1.807, 2.05) is 36.4 Å². The van der Waals surface area contributed by atoms with Crippen molar-refractivity contribution in [1.29, 1.82) is 0 Å². The number of rotatable bonds is 0. The van der Waals surface area contributed by atoms with E-state index in [0.717, 1.165) is 21.7 Å². The average molecular weight is 248 g/mol. The lowest BCUT2D eigenvalue weighted by Gasteiger charge is -2.06. The first-order chi connectivity index (χ1) is 7.77. The molecule has 3 aromatic rings. The summed E-state index contributed by atoms with van der Waals surface area (Å²) < 4.78 is 0. The van der Waals surface area contributed by atoms with Crippen LogP contribution in [0.15, 0.2) is 42.6 Å². The van der Waals surface area contributed by atoms with Crippen molar-refractivity contribution in [2.75, 3.05) is 0 Å². The summed E-state index contributed by atoms with van der Waals surface area (Å²) in [5, 5.41) is 4.36. The van der Waals surface area contributed by atoms with Crippen LogP contribution in [-0.2, 0) is 0 Å². The molecule has 78 valence electrons. The molecule has 16 heavy (non-hydrogen) atoms. The molecule has 0 atom stereocenters. The van der Waals surface area contributed by atoms with Crippen molar-refractivity contribution in [3.05, 3.63) is 52.6 Å². The topological polar surface area (TPSA) is 12.9 Å². The molecule has 0 spiro atoms. The van der Waals surface area contributed by atoms with E-state index in [0.29, 0.717) is 10.0 Å². The number of halogens is 2. The summed E-state index contributed by atoms with van der Waals surface area (Å²) in [7, 11) is 0. The van der Waals surface area contributed by atoms with E-state index in [1.165, 1.54) is 0 Å². The van der Waals surface area contributed by atoms with Crippen LogP contribution in [0.5, 0.6) is 0 Å². The first kappa shape index (κ1) is 9.88. The lowest BCUT2D eigenvalue weighted by atomic mass is 10.1. The summed E-state index contributed by atoms with van der Waals surface area (Å²) >= 11 is 12.4. The fraction of sp³-hybridized carbons (Fsp3) is 0. The molecule has 1 heterocycles. The van der Waals surface area contributed by atoms with Gasteiger partial charge in [0.05, 0.1) is 10.5 Å². The standard InChI is InChI=1S/C13H7Cl2N/c14-10-5-1-3-8-11(15)7-12-9(13(8)10)4-2-6-16-12/h1-7H. The summed E-state index contributed by atoms with van der Waals surface area (Å²) in [5.41, 5.74) is 0.869. The summed E-state index contributed by atoms with van der Waals surface area (Å²) in [6, 6.07) is 11.5. The van der Waals surface area contributed by atoms with Crippen LogP contribution >= 0.6 is 23.2 Å². The van der Waals surface area contributed by atoms with Crippen molar-refractivity contribution < 1.29 is 0 Å². The van der Waals surface area contributed by atoms with Crippen LogP contribution in [0, 0.1) is 0 Å². The van der Waals surface area contributed by atoms with E-state index in [1.54, 1.807) is 6.20 Å². The highest BCUT2D eigenvalue weighted by Gasteiger charge is 2.08. The monoisotopic (exact) mass is 247 g/mol. The zero-order valence-electron chi connectivity index (χ0n) is 8.24. The Morgan fingerprint density at radius 2 is 1.69 bits per heavy atom. The smallest absolute Gasteiger partial charge is 0.0723 e. The van der Waals surface area contributed by atoms with Crippen LogP contribution in [0.25, 0.3) is 21.7 Å². The van der Waals surface area contributed by atoms with Crippen molar-refractivity contribution in [1.82, 2.24) is 4.98 Å². The van der Waals surface area contributed by atoms with E-state index in [4.69, 9.17) is 23.2 Å². The summed E-state index contributed by atoms with van der Waals surface area (Å²) in [6.07, 6.45) is 1.75. The molecule has 0 aliphatic carbocycles. The normalized spacial score (nSPS) is 11.1. The second kappa shape index (κ2) is 3.62. The lowest BCUT2D eigenvalue weighted by molar-refractivity contribution is 1.42. The maximum absolute atomic E-state index is 6.22. The predicted octanol–water partition coefficient (Wildman–Crippen LogP) is 4.69. The Morgan fingerprint density at radius 1 is 0.875 bits per heavy atom. The van der Waals surface area contributed by atoms with E-state index in [2.05, 4.69) is 4.98 Å². The molecule has 0 fully saturated rings. The maximum atomic E-state index is 6.22. The second-order valence-electron chi connectivity index (χ2n) is 3.59. The van der Waals surface area contributed by atoms with Crippen LogP contribution in [0.1, 0.15) is 0 Å². The molecule has 0 aliphatic rings. The largest absolute Gasteiger partial charge is 0.256 e. The molecule has 0 unspecified atom stereocenters. The summed E-state index contributed by atoms with van der Waals surface area (Å²) in [5.74, 6) is 0. The minimum absolute atomic E-state index is 0.684. The molecule has 1 aromatic heterocycles. The third kappa shape index (κ3) is 1.36. The van der Waals surface area contributed by atoms with Crippen LogP contribution in [-0.4, -0.2) is 4.98 Å². The fourth-order valence-corrected chi connectivity index (χ4v) is 2.48. The Morgan fingerprint density at radius 3 is 2.56 bits per heavy atom. The second-order valence-corrected chi connectivity index (χ2v) is 4.41. The lowest BCUT2D eigenvalue weighted by Crippen LogP contribution is -1.82. The van der Waals surface area contributed by atoms with Crippen molar-refractivity contribution in [2.24, 2.45) is 0 Å². The third-order valence-corrected chi connectivity index (χ3v) is 3.27. The number of benzene rings is 2. The SMILES string of the molecule is Clc1cc2ncccc2c2c(Cl)cccc12. The quantitative estimate of drug-likeness (QED) is 0.525. The number of pyridine rings is 1. The van der Waals surface area contributed by atoms with Gasteiger partial charge in [0, 0.05) is 27.4 Å². The van der Waals surface area contributed by atoms with Crippen molar-refractivity contribution in [3.63, 3.8) is 0 Å². The molecular formula is C13H7Cl2N. The molecule has 0 radical (unpaired) electrons. The fourth-order valence-electron chi connectivity index (χ4n) is 1.94. The molecule has 0 amide bonds. The molecule has 0 aliphatic heterocycles. The van der Waals surface area contributed by atoms with Crippen LogP contribution < -0.4 is 0 Å². The van der Waals surface area contributed by atoms with Gasteiger partial charge in [-0.3, -0.25) is 4.98 Å². The van der Waals surface area contributed by atoms with Gasteiger partial charge in [-0.1, -0.05) is 41.4 Å². The Labute approximate surface area is 103 Å². The molecule has 3 rings (SSSR count). The van der Waals surface area contributed by atoms with Gasteiger partial charge in [-0.2, -0.15) is 0 Å². The van der Waals surface area contributed by atoms with Crippen molar-refractivity contribution in [3.8, 4) is 0 Å². The van der Waals surface area contributed by atoms with Crippen LogP contribution in [0.4, 0.5) is 0 Å². The first-order valence-corrected chi connectivity index (χ1v) is 5.64. The molecular weight excluding hydrogens is 241 g/mol. The maximum Gasteiger partial charge on any atom is 0.0723 e. The highest BCUT2D eigenvalue weighted by atomic mass is 35.5. The van der Waals surface area contributed by atoms with Gasteiger partial charge >= 0.3 is 0 Å². The van der Waals surface area contributed by atoms with Gasteiger partial charge in [-0.25, -0.2) is 0 Å². The highest BCUT2D eigenvalue weighted by molar-refractivity contribution is 6.42. The minimum Gasteiger partial charge on any atom is -0.256 e. The molecule has 0 saturated heterocycles. The van der Waals surface area contributed by atoms with E-state index >= 15 is 0 Å². The Bertz CT molecular complexity index is 692. The Balaban J connectivity index is 2.67. The van der Waals surface area contributed by atoms with Gasteiger partial charge in [0.15, 0.2) is 0 Å². The minimum atomic E-state index is 0.684. The first-order valence-electron chi connectivity index (χ1n) is 4.89. The molecule has 2 aromatic carbocycles. The van der Waals surface area contributed by atoms with E-state index in [-0.39, 0.29) is 0 Å². The van der Waals surface area contributed by atoms with Crippen molar-refractivity contribution in [2.45, 2.75) is 0 Å². The summed E-state index contributed by atoms with van der Waals surface area (Å²) in [4.78, 5) is 4.29. The zero-order valence-corrected chi connectivity index (χ0v) is 9.76.